The maximum absolute atomic E-state index is 13.1. The summed E-state index contributed by atoms with van der Waals surface area (Å²) in [5.41, 5.74) is -0.104. The molecule has 0 bridgehead atoms. The monoisotopic (exact) mass is 491 g/mol. The van der Waals surface area contributed by atoms with Crippen LogP contribution in [0.4, 0.5) is 0 Å². The summed E-state index contributed by atoms with van der Waals surface area (Å²) < 4.78 is 28.9. The van der Waals surface area contributed by atoms with Crippen molar-refractivity contribution >= 4 is 39.1 Å². The van der Waals surface area contributed by atoms with Crippen molar-refractivity contribution in [3.05, 3.63) is 64.2 Å². The summed E-state index contributed by atoms with van der Waals surface area (Å²) in [4.78, 5) is 40.2. The van der Waals surface area contributed by atoms with Gasteiger partial charge in [0.25, 0.3) is 5.91 Å². The first-order valence-corrected chi connectivity index (χ1v) is 12.8. The van der Waals surface area contributed by atoms with Gasteiger partial charge in [-0.15, -0.1) is 0 Å². The van der Waals surface area contributed by atoms with Gasteiger partial charge in [0.2, 0.25) is 0 Å². The molecule has 33 heavy (non-hydrogen) atoms. The zero-order valence-electron chi connectivity index (χ0n) is 18.8. The molecule has 2 aromatic carbocycles. The average molecular weight is 492 g/mol. The lowest BCUT2D eigenvalue weighted by molar-refractivity contribution is -0.150. The Morgan fingerprint density at radius 3 is 2.48 bits per heavy atom. The highest BCUT2D eigenvalue weighted by Gasteiger charge is 2.48. The van der Waals surface area contributed by atoms with Crippen molar-refractivity contribution in [1.29, 1.82) is 0 Å². The lowest BCUT2D eigenvalue weighted by Crippen LogP contribution is -2.55. The van der Waals surface area contributed by atoms with Gasteiger partial charge in [-0.2, -0.15) is 0 Å². The van der Waals surface area contributed by atoms with E-state index in [9.17, 15) is 22.8 Å². The Morgan fingerprint density at radius 1 is 1.15 bits per heavy atom. The second kappa shape index (κ2) is 9.65. The number of likely N-dealkylation sites (N-methyl/N-ethyl adjacent to an activating group) is 1. The average Bonchev–Trinajstić information content (AvgIpc) is 2.77. The number of nitrogens with zero attached hydrogens (tertiary/aromatic N) is 1. The Hall–Kier alpha value is -2.71. The third kappa shape index (κ3) is 4.96. The number of aryl methyl sites for hydroxylation is 1. The molecule has 1 unspecified atom stereocenters. The number of Topliss-reactive ketones (excluding diaryl/α,β-unsaturated/α-hetero) is 1. The quantitative estimate of drug-likeness (QED) is 0.571. The SMILES string of the molecule is Cc1ccc(S(C)(=O)=O)cc1C(=O)OCC(=O)N(C)C1(c2ccccc2Cl)CCCCC1=O. The molecule has 7 nitrogen and oxygen atoms in total. The van der Waals surface area contributed by atoms with Crippen molar-refractivity contribution in [2.45, 2.75) is 43.0 Å². The van der Waals surface area contributed by atoms with Gasteiger partial charge in [0.15, 0.2) is 22.2 Å². The number of hydrogen-bond acceptors (Lipinski definition) is 6. The number of carbonyl (C=O) groups is 3. The van der Waals surface area contributed by atoms with Gasteiger partial charge in [0, 0.05) is 30.3 Å². The molecule has 2 aromatic rings. The van der Waals surface area contributed by atoms with E-state index in [-0.39, 0.29) is 16.2 Å². The van der Waals surface area contributed by atoms with E-state index in [1.807, 2.05) is 0 Å². The Kier molecular flexibility index (Phi) is 7.29. The summed E-state index contributed by atoms with van der Waals surface area (Å²) in [5, 5.41) is 0.387. The molecule has 176 valence electrons. The molecule has 9 heteroatoms. The van der Waals surface area contributed by atoms with Crippen molar-refractivity contribution in [2.24, 2.45) is 0 Å². The van der Waals surface area contributed by atoms with E-state index < -0.39 is 33.9 Å². The third-order valence-corrected chi connectivity index (χ3v) is 7.54. The van der Waals surface area contributed by atoms with Crippen molar-refractivity contribution in [2.75, 3.05) is 19.9 Å². The lowest BCUT2D eigenvalue weighted by Gasteiger charge is -2.43. The minimum atomic E-state index is -3.52. The van der Waals surface area contributed by atoms with Gasteiger partial charge >= 0.3 is 5.97 Å². The summed E-state index contributed by atoms with van der Waals surface area (Å²) in [7, 11) is -2.00. The number of amides is 1. The standard InChI is InChI=1S/C24H26ClNO6S/c1-16-11-12-17(33(3,30)31)14-18(16)23(29)32-15-22(28)26(2)24(13-7-6-10-21(24)27)19-8-4-5-9-20(19)25/h4-5,8-9,11-12,14H,6-7,10,13,15H2,1-3H3. The highest BCUT2D eigenvalue weighted by molar-refractivity contribution is 7.90. The summed E-state index contributed by atoms with van der Waals surface area (Å²) in [6.45, 7) is 1.04. The van der Waals surface area contributed by atoms with Gasteiger partial charge in [-0.3, -0.25) is 9.59 Å². The van der Waals surface area contributed by atoms with E-state index >= 15 is 0 Å². The molecule has 1 aliphatic rings. The first kappa shape index (κ1) is 24.9. The molecular formula is C24H26ClNO6S. The van der Waals surface area contributed by atoms with E-state index in [1.165, 1.54) is 30.1 Å². The van der Waals surface area contributed by atoms with Crippen molar-refractivity contribution in [3.63, 3.8) is 0 Å². The molecule has 0 radical (unpaired) electrons. The molecule has 3 rings (SSSR count). The molecule has 0 aliphatic heterocycles. The Bertz CT molecular complexity index is 1210. The van der Waals surface area contributed by atoms with Crippen molar-refractivity contribution < 1.29 is 27.5 Å². The molecular weight excluding hydrogens is 466 g/mol. The third-order valence-electron chi connectivity index (χ3n) is 6.10. The van der Waals surface area contributed by atoms with Crippen LogP contribution in [-0.4, -0.2) is 50.9 Å². The van der Waals surface area contributed by atoms with Gasteiger partial charge in [-0.25, -0.2) is 13.2 Å². The molecule has 0 spiro atoms. The number of esters is 1. The zero-order chi connectivity index (χ0) is 24.4. The second-order valence-corrected chi connectivity index (χ2v) is 10.7. The van der Waals surface area contributed by atoms with Gasteiger partial charge in [-0.1, -0.05) is 35.9 Å². The predicted molar refractivity (Wildman–Crippen MR) is 124 cm³/mol. The van der Waals surface area contributed by atoms with Crippen molar-refractivity contribution in [3.8, 4) is 0 Å². The molecule has 1 atom stereocenters. The number of rotatable bonds is 6. The number of carbonyl (C=O) groups excluding carboxylic acids is 3. The summed E-state index contributed by atoms with van der Waals surface area (Å²) in [5.74, 6) is -1.49. The Balaban J connectivity index is 1.84. The maximum atomic E-state index is 13.1. The molecule has 0 aromatic heterocycles. The molecule has 0 saturated heterocycles. The fraction of sp³-hybridized carbons (Fsp3) is 0.375. The summed E-state index contributed by atoms with van der Waals surface area (Å²) in [6, 6.07) is 11.1. The number of ketones is 1. The van der Waals surface area contributed by atoms with E-state index in [0.717, 1.165) is 19.1 Å². The van der Waals surface area contributed by atoms with E-state index in [4.69, 9.17) is 16.3 Å². The van der Waals surface area contributed by atoms with Crippen LogP contribution < -0.4 is 0 Å². The van der Waals surface area contributed by atoms with Crippen LogP contribution in [0.2, 0.25) is 5.02 Å². The number of halogens is 1. The van der Waals surface area contributed by atoms with E-state index in [2.05, 4.69) is 0 Å². The summed E-state index contributed by atoms with van der Waals surface area (Å²) >= 11 is 6.41. The van der Waals surface area contributed by atoms with Gasteiger partial charge in [0.1, 0.15) is 5.54 Å². The Morgan fingerprint density at radius 2 is 1.85 bits per heavy atom. The predicted octanol–water partition coefficient (Wildman–Crippen LogP) is 3.71. The first-order chi connectivity index (χ1) is 15.5. The fourth-order valence-corrected chi connectivity index (χ4v) is 5.14. The molecule has 1 fully saturated rings. The molecule has 0 heterocycles. The van der Waals surface area contributed by atoms with Crippen LogP contribution in [0.5, 0.6) is 0 Å². The largest absolute Gasteiger partial charge is 0.452 e. The minimum Gasteiger partial charge on any atom is -0.452 e. The number of sulfone groups is 1. The van der Waals surface area contributed by atoms with Crippen LogP contribution in [0, 0.1) is 6.92 Å². The normalized spacial score (nSPS) is 18.6. The zero-order valence-corrected chi connectivity index (χ0v) is 20.3. The summed E-state index contributed by atoms with van der Waals surface area (Å²) in [6.07, 6.45) is 3.26. The highest BCUT2D eigenvalue weighted by atomic mass is 35.5. The molecule has 0 N–H and O–H groups in total. The van der Waals surface area contributed by atoms with Crippen LogP contribution in [0.1, 0.15) is 47.2 Å². The number of hydrogen-bond donors (Lipinski definition) is 0. The van der Waals surface area contributed by atoms with Crippen LogP contribution in [0.15, 0.2) is 47.4 Å². The van der Waals surface area contributed by atoms with Gasteiger partial charge < -0.3 is 9.64 Å². The van der Waals surface area contributed by atoms with Crippen LogP contribution >= 0.6 is 11.6 Å². The molecule has 1 amide bonds. The maximum Gasteiger partial charge on any atom is 0.338 e. The fourth-order valence-electron chi connectivity index (χ4n) is 4.20. The highest BCUT2D eigenvalue weighted by Crippen LogP contribution is 2.42. The van der Waals surface area contributed by atoms with Crippen LogP contribution in [0.25, 0.3) is 0 Å². The topological polar surface area (TPSA) is 97.8 Å². The van der Waals surface area contributed by atoms with Crippen LogP contribution in [0.3, 0.4) is 0 Å². The number of benzene rings is 2. The Labute approximate surface area is 198 Å². The van der Waals surface area contributed by atoms with E-state index in [0.29, 0.717) is 29.0 Å². The lowest BCUT2D eigenvalue weighted by atomic mass is 9.74. The van der Waals surface area contributed by atoms with Crippen LogP contribution in [-0.2, 0) is 29.7 Å². The van der Waals surface area contributed by atoms with Gasteiger partial charge in [-0.05, 0) is 49.9 Å². The van der Waals surface area contributed by atoms with Gasteiger partial charge in [0.05, 0.1) is 10.5 Å². The number of ether oxygens (including phenoxy) is 1. The molecule has 1 saturated carbocycles. The smallest absolute Gasteiger partial charge is 0.338 e. The second-order valence-electron chi connectivity index (χ2n) is 8.25. The first-order valence-electron chi connectivity index (χ1n) is 10.5. The minimum absolute atomic E-state index is 0.0195. The van der Waals surface area contributed by atoms with Crippen molar-refractivity contribution in [1.82, 2.24) is 4.90 Å². The van der Waals surface area contributed by atoms with E-state index in [1.54, 1.807) is 31.2 Å². The molecule has 1 aliphatic carbocycles.